The fourth-order valence-electron chi connectivity index (χ4n) is 3.61. The minimum Gasteiger partial charge on any atom is -0.347 e. The van der Waals surface area contributed by atoms with Crippen molar-refractivity contribution >= 4 is 17.4 Å². The summed E-state index contributed by atoms with van der Waals surface area (Å²) in [6.45, 7) is 4.68. The van der Waals surface area contributed by atoms with Gasteiger partial charge in [-0.2, -0.15) is 0 Å². The van der Waals surface area contributed by atoms with Gasteiger partial charge < -0.3 is 10.2 Å². The van der Waals surface area contributed by atoms with Crippen molar-refractivity contribution in [1.82, 2.24) is 15.3 Å². The molecule has 27 heavy (non-hydrogen) atoms. The Morgan fingerprint density at radius 2 is 2.00 bits per heavy atom. The quantitative estimate of drug-likeness (QED) is 0.771. The fourth-order valence-corrected chi connectivity index (χ4v) is 3.61. The van der Waals surface area contributed by atoms with Crippen LogP contribution in [-0.2, 0) is 13.0 Å². The number of nitrogens with one attached hydrogen (secondary N) is 1. The molecule has 0 fully saturated rings. The molecule has 1 N–H and O–H groups in total. The second-order valence-electron chi connectivity index (χ2n) is 6.99. The van der Waals surface area contributed by atoms with Crippen molar-refractivity contribution in [3.8, 4) is 0 Å². The molecule has 0 radical (unpaired) electrons. The van der Waals surface area contributed by atoms with Gasteiger partial charge in [-0.3, -0.25) is 4.79 Å². The van der Waals surface area contributed by atoms with E-state index in [9.17, 15) is 4.79 Å². The number of rotatable bonds is 4. The number of hydrogen-bond acceptors (Lipinski definition) is 4. The number of benzene rings is 2. The molecule has 1 aromatic heterocycles. The molecule has 1 atom stereocenters. The first-order valence-electron chi connectivity index (χ1n) is 9.15. The number of aryl methyl sites for hydroxylation is 1. The average Bonchev–Trinajstić information content (AvgIpc) is 3.02. The lowest BCUT2D eigenvalue weighted by Crippen LogP contribution is -2.27. The average molecular weight is 358 g/mol. The first kappa shape index (κ1) is 17.2. The smallest absolute Gasteiger partial charge is 0.270 e. The van der Waals surface area contributed by atoms with Crippen LogP contribution in [-0.4, -0.2) is 21.9 Å². The Balaban J connectivity index is 1.53. The van der Waals surface area contributed by atoms with E-state index in [0.717, 1.165) is 23.5 Å². The molecule has 0 bridgehead atoms. The number of para-hydroxylation sites is 1. The topological polar surface area (TPSA) is 58.1 Å². The normalized spacial score (nSPS) is 15.5. The molecule has 1 unspecified atom stereocenters. The number of aromatic nitrogens is 2. The van der Waals surface area contributed by atoms with Gasteiger partial charge in [-0.15, -0.1) is 0 Å². The summed E-state index contributed by atoms with van der Waals surface area (Å²) in [6, 6.07) is 18.5. The predicted molar refractivity (Wildman–Crippen MR) is 106 cm³/mol. The molecule has 5 nitrogen and oxygen atoms in total. The molecule has 5 heteroatoms. The second-order valence-corrected chi connectivity index (χ2v) is 6.99. The van der Waals surface area contributed by atoms with Gasteiger partial charge >= 0.3 is 0 Å². The highest BCUT2D eigenvalue weighted by molar-refractivity contribution is 5.93. The monoisotopic (exact) mass is 358 g/mol. The van der Waals surface area contributed by atoms with E-state index in [1.165, 1.54) is 17.5 Å². The molecule has 1 aliphatic rings. The molecular formula is C22H22N4O. The Bertz CT molecular complexity index is 985. The van der Waals surface area contributed by atoms with Gasteiger partial charge in [0, 0.05) is 24.3 Å². The van der Waals surface area contributed by atoms with Crippen molar-refractivity contribution in [2.24, 2.45) is 0 Å². The Morgan fingerprint density at radius 3 is 2.85 bits per heavy atom. The Labute approximate surface area is 159 Å². The van der Waals surface area contributed by atoms with Crippen LogP contribution in [0, 0.1) is 6.92 Å². The van der Waals surface area contributed by atoms with Crippen molar-refractivity contribution in [3.63, 3.8) is 0 Å². The van der Waals surface area contributed by atoms with E-state index in [0.29, 0.717) is 18.3 Å². The molecule has 136 valence electrons. The third kappa shape index (κ3) is 3.53. The summed E-state index contributed by atoms with van der Waals surface area (Å²) in [5.74, 6) is 0.559. The second kappa shape index (κ2) is 7.19. The first-order chi connectivity index (χ1) is 13.1. The Morgan fingerprint density at radius 1 is 1.15 bits per heavy atom. The van der Waals surface area contributed by atoms with Crippen molar-refractivity contribution in [3.05, 3.63) is 83.3 Å². The predicted octanol–water partition coefficient (Wildman–Crippen LogP) is 3.80. The molecule has 0 saturated heterocycles. The SMILES string of the molecule is Cc1cccc(CNC(=O)c2cc(N3c4ccccc4CC3C)ncn2)c1. The van der Waals surface area contributed by atoms with Crippen LogP contribution in [0.3, 0.4) is 0 Å². The summed E-state index contributed by atoms with van der Waals surface area (Å²) in [4.78, 5) is 23.3. The van der Waals surface area contributed by atoms with Crippen LogP contribution in [0.15, 0.2) is 60.9 Å². The lowest BCUT2D eigenvalue weighted by atomic mass is 10.1. The molecular weight excluding hydrogens is 336 g/mol. The van der Waals surface area contributed by atoms with Gasteiger partial charge in [-0.05, 0) is 37.5 Å². The maximum Gasteiger partial charge on any atom is 0.270 e. The zero-order chi connectivity index (χ0) is 18.8. The number of carbonyl (C=O) groups is 1. The van der Waals surface area contributed by atoms with Gasteiger partial charge in [0.2, 0.25) is 0 Å². The fraction of sp³-hybridized carbons (Fsp3) is 0.227. The van der Waals surface area contributed by atoms with Gasteiger partial charge in [-0.25, -0.2) is 9.97 Å². The maximum absolute atomic E-state index is 12.6. The van der Waals surface area contributed by atoms with Crippen LogP contribution >= 0.6 is 0 Å². The molecule has 0 aliphatic carbocycles. The van der Waals surface area contributed by atoms with Crippen molar-refractivity contribution < 1.29 is 4.79 Å². The molecule has 4 rings (SSSR count). The first-order valence-corrected chi connectivity index (χ1v) is 9.15. The standard InChI is InChI=1S/C22H22N4O/c1-15-6-5-7-17(10-15)13-23-22(27)19-12-21(25-14-24-19)26-16(2)11-18-8-3-4-9-20(18)26/h3-10,12,14,16H,11,13H2,1-2H3,(H,23,27). The molecule has 1 amide bonds. The molecule has 2 heterocycles. The van der Waals surface area contributed by atoms with E-state index in [1.807, 2.05) is 31.2 Å². The summed E-state index contributed by atoms with van der Waals surface area (Å²) >= 11 is 0. The van der Waals surface area contributed by atoms with Crippen LogP contribution in [0.2, 0.25) is 0 Å². The van der Waals surface area contributed by atoms with Crippen LogP contribution in [0.5, 0.6) is 0 Å². The number of nitrogens with zero attached hydrogens (tertiary/aromatic N) is 3. The summed E-state index contributed by atoms with van der Waals surface area (Å²) in [7, 11) is 0. The molecule has 0 saturated carbocycles. The summed E-state index contributed by atoms with van der Waals surface area (Å²) in [5, 5.41) is 2.94. The highest BCUT2D eigenvalue weighted by Crippen LogP contribution is 2.36. The minimum absolute atomic E-state index is 0.194. The maximum atomic E-state index is 12.6. The van der Waals surface area contributed by atoms with E-state index in [1.54, 1.807) is 6.07 Å². The van der Waals surface area contributed by atoms with E-state index in [-0.39, 0.29) is 5.91 Å². The van der Waals surface area contributed by atoms with Crippen LogP contribution in [0.4, 0.5) is 11.5 Å². The van der Waals surface area contributed by atoms with Gasteiger partial charge in [0.1, 0.15) is 17.8 Å². The van der Waals surface area contributed by atoms with E-state index in [2.05, 4.69) is 51.4 Å². The van der Waals surface area contributed by atoms with Gasteiger partial charge in [0.15, 0.2) is 0 Å². The Hall–Kier alpha value is -3.21. The van der Waals surface area contributed by atoms with Crippen LogP contribution in [0.25, 0.3) is 0 Å². The van der Waals surface area contributed by atoms with Crippen LogP contribution in [0.1, 0.15) is 34.1 Å². The van der Waals surface area contributed by atoms with E-state index in [4.69, 9.17) is 0 Å². The zero-order valence-corrected chi connectivity index (χ0v) is 15.5. The minimum atomic E-state index is -0.194. The van der Waals surface area contributed by atoms with Gasteiger partial charge in [0.25, 0.3) is 5.91 Å². The summed E-state index contributed by atoms with van der Waals surface area (Å²) in [5.41, 5.74) is 5.07. The largest absolute Gasteiger partial charge is 0.347 e. The van der Waals surface area contributed by atoms with E-state index >= 15 is 0 Å². The molecule has 1 aliphatic heterocycles. The third-order valence-corrected chi connectivity index (χ3v) is 4.87. The van der Waals surface area contributed by atoms with Gasteiger partial charge in [-0.1, -0.05) is 48.0 Å². The van der Waals surface area contributed by atoms with Crippen LogP contribution < -0.4 is 10.2 Å². The number of fused-ring (bicyclic) bond motifs is 1. The lowest BCUT2D eigenvalue weighted by molar-refractivity contribution is 0.0945. The van der Waals surface area contributed by atoms with Crippen molar-refractivity contribution in [1.29, 1.82) is 0 Å². The number of anilines is 2. The summed E-state index contributed by atoms with van der Waals surface area (Å²) in [6.07, 6.45) is 2.43. The number of hydrogen-bond donors (Lipinski definition) is 1. The van der Waals surface area contributed by atoms with Crippen molar-refractivity contribution in [2.75, 3.05) is 4.90 Å². The van der Waals surface area contributed by atoms with Crippen molar-refractivity contribution in [2.45, 2.75) is 32.9 Å². The number of amides is 1. The molecule has 3 aromatic rings. The highest BCUT2D eigenvalue weighted by atomic mass is 16.1. The molecule has 2 aromatic carbocycles. The Kier molecular flexibility index (Phi) is 4.59. The molecule has 0 spiro atoms. The lowest BCUT2D eigenvalue weighted by Gasteiger charge is -2.23. The summed E-state index contributed by atoms with van der Waals surface area (Å²) < 4.78 is 0. The number of carbonyl (C=O) groups excluding carboxylic acids is 1. The zero-order valence-electron chi connectivity index (χ0n) is 15.5. The van der Waals surface area contributed by atoms with E-state index < -0.39 is 0 Å². The third-order valence-electron chi connectivity index (χ3n) is 4.87. The van der Waals surface area contributed by atoms with Gasteiger partial charge in [0.05, 0.1) is 0 Å². The highest BCUT2D eigenvalue weighted by Gasteiger charge is 2.28.